The molecule has 0 radical (unpaired) electrons. The Kier molecular flexibility index (Phi) is 4.71. The van der Waals surface area contributed by atoms with Crippen molar-refractivity contribution in [3.05, 3.63) is 47.7 Å². The molecule has 0 saturated carbocycles. The first-order valence-corrected chi connectivity index (χ1v) is 8.02. The predicted molar refractivity (Wildman–Crippen MR) is 86.0 cm³/mol. The van der Waals surface area contributed by atoms with Crippen LogP contribution in [0.4, 0.5) is 0 Å². The summed E-state index contributed by atoms with van der Waals surface area (Å²) in [4.78, 5) is 16.6. The van der Waals surface area contributed by atoms with Crippen LogP contribution >= 0.6 is 0 Å². The number of amides is 1. The maximum Gasteiger partial charge on any atom is 0.253 e. The molecule has 6 nitrogen and oxygen atoms in total. The van der Waals surface area contributed by atoms with Gasteiger partial charge < -0.3 is 9.32 Å². The average Bonchev–Trinajstić information content (AvgIpc) is 3.04. The van der Waals surface area contributed by atoms with E-state index < -0.39 is 0 Å². The van der Waals surface area contributed by atoms with E-state index in [2.05, 4.69) is 15.1 Å². The number of nitrogens with zero attached hydrogens (tertiary/aromatic N) is 4. The Balaban J connectivity index is 1.53. The van der Waals surface area contributed by atoms with Gasteiger partial charge in [-0.1, -0.05) is 32.0 Å². The highest BCUT2D eigenvalue weighted by Crippen LogP contribution is 2.15. The first-order valence-electron chi connectivity index (χ1n) is 8.02. The molecule has 2 heterocycles. The third kappa shape index (κ3) is 3.76. The first-order chi connectivity index (χ1) is 11.1. The molecule has 1 aliphatic heterocycles. The van der Waals surface area contributed by atoms with Crippen LogP contribution in [-0.4, -0.2) is 52.1 Å². The number of piperazine rings is 1. The molecule has 1 amide bonds. The van der Waals surface area contributed by atoms with Crippen LogP contribution in [0.15, 0.2) is 34.7 Å². The maximum atomic E-state index is 12.4. The molecular weight excluding hydrogens is 292 g/mol. The smallest absolute Gasteiger partial charge is 0.253 e. The van der Waals surface area contributed by atoms with Gasteiger partial charge in [-0.15, -0.1) is 10.2 Å². The number of aromatic nitrogens is 2. The highest BCUT2D eigenvalue weighted by atomic mass is 16.4. The minimum absolute atomic E-state index is 0.102. The lowest BCUT2D eigenvalue weighted by atomic mass is 10.2. The van der Waals surface area contributed by atoms with Gasteiger partial charge in [0.05, 0.1) is 6.54 Å². The number of carbonyl (C=O) groups excluding carboxylic acids is 1. The molecule has 1 aliphatic rings. The predicted octanol–water partition coefficient (Wildman–Crippen LogP) is 2.15. The molecule has 0 bridgehead atoms. The van der Waals surface area contributed by atoms with E-state index >= 15 is 0 Å². The molecular formula is C17H22N4O2. The van der Waals surface area contributed by atoms with Crippen molar-refractivity contribution in [2.75, 3.05) is 26.2 Å². The zero-order chi connectivity index (χ0) is 16.2. The van der Waals surface area contributed by atoms with Gasteiger partial charge in [-0.3, -0.25) is 9.69 Å². The van der Waals surface area contributed by atoms with Gasteiger partial charge in [-0.2, -0.15) is 0 Å². The minimum Gasteiger partial charge on any atom is -0.424 e. The van der Waals surface area contributed by atoms with Gasteiger partial charge >= 0.3 is 0 Å². The molecule has 122 valence electrons. The van der Waals surface area contributed by atoms with Crippen molar-refractivity contribution >= 4 is 5.91 Å². The van der Waals surface area contributed by atoms with Crippen LogP contribution in [0.5, 0.6) is 0 Å². The van der Waals surface area contributed by atoms with Gasteiger partial charge in [0, 0.05) is 37.7 Å². The van der Waals surface area contributed by atoms with Gasteiger partial charge in [0.25, 0.3) is 5.91 Å². The van der Waals surface area contributed by atoms with Crippen molar-refractivity contribution in [1.82, 2.24) is 20.0 Å². The molecule has 1 saturated heterocycles. The topological polar surface area (TPSA) is 62.5 Å². The fourth-order valence-electron chi connectivity index (χ4n) is 2.63. The summed E-state index contributed by atoms with van der Waals surface area (Å²) in [5.41, 5.74) is 0.749. The molecule has 2 aromatic rings. The van der Waals surface area contributed by atoms with Crippen LogP contribution in [0.25, 0.3) is 0 Å². The second kappa shape index (κ2) is 6.91. The normalized spacial score (nSPS) is 16.0. The molecule has 6 heteroatoms. The number of hydrogen-bond acceptors (Lipinski definition) is 5. The second-order valence-corrected chi connectivity index (χ2v) is 6.12. The Hall–Kier alpha value is -2.21. The van der Waals surface area contributed by atoms with E-state index in [1.165, 1.54) is 0 Å². The summed E-state index contributed by atoms with van der Waals surface area (Å²) in [6.45, 7) is 7.79. The first kappa shape index (κ1) is 15.7. The van der Waals surface area contributed by atoms with E-state index in [0.717, 1.165) is 31.7 Å². The number of rotatable bonds is 4. The lowest BCUT2D eigenvalue weighted by molar-refractivity contribution is 0.0617. The maximum absolute atomic E-state index is 12.4. The summed E-state index contributed by atoms with van der Waals surface area (Å²) >= 11 is 0. The Labute approximate surface area is 136 Å². The molecule has 3 rings (SSSR count). The molecule has 1 aromatic heterocycles. The zero-order valence-corrected chi connectivity index (χ0v) is 13.6. The van der Waals surface area contributed by atoms with Crippen molar-refractivity contribution in [3.63, 3.8) is 0 Å². The van der Waals surface area contributed by atoms with Crippen LogP contribution in [0, 0.1) is 0 Å². The minimum atomic E-state index is 0.102. The van der Waals surface area contributed by atoms with E-state index in [1.54, 1.807) is 0 Å². The van der Waals surface area contributed by atoms with Gasteiger partial charge in [0.15, 0.2) is 0 Å². The van der Waals surface area contributed by atoms with Crippen molar-refractivity contribution in [2.45, 2.75) is 26.3 Å². The SMILES string of the molecule is CC(C)c1nnc(CN2CCN(C(=O)c3ccccc3)CC2)o1. The largest absolute Gasteiger partial charge is 0.424 e. The van der Waals surface area contributed by atoms with Crippen molar-refractivity contribution in [1.29, 1.82) is 0 Å². The van der Waals surface area contributed by atoms with Crippen LogP contribution in [0.3, 0.4) is 0 Å². The Morgan fingerprint density at radius 3 is 2.43 bits per heavy atom. The summed E-state index contributed by atoms with van der Waals surface area (Å²) in [5, 5.41) is 8.15. The fourth-order valence-corrected chi connectivity index (χ4v) is 2.63. The number of carbonyl (C=O) groups is 1. The molecule has 23 heavy (non-hydrogen) atoms. The summed E-state index contributed by atoms with van der Waals surface area (Å²) < 4.78 is 5.65. The van der Waals surface area contributed by atoms with Crippen LogP contribution < -0.4 is 0 Å². The third-order valence-corrected chi connectivity index (χ3v) is 4.02. The summed E-state index contributed by atoms with van der Waals surface area (Å²) in [5.74, 6) is 1.68. The lowest BCUT2D eigenvalue weighted by Crippen LogP contribution is -2.48. The Bertz CT molecular complexity index is 646. The van der Waals surface area contributed by atoms with Crippen LogP contribution in [0.2, 0.25) is 0 Å². The molecule has 0 unspecified atom stereocenters. The summed E-state index contributed by atoms with van der Waals surface area (Å²) in [7, 11) is 0. The highest BCUT2D eigenvalue weighted by Gasteiger charge is 2.23. The van der Waals surface area contributed by atoms with E-state index in [9.17, 15) is 4.79 Å². The average molecular weight is 314 g/mol. The molecule has 0 spiro atoms. The van der Waals surface area contributed by atoms with Crippen molar-refractivity contribution in [3.8, 4) is 0 Å². The second-order valence-electron chi connectivity index (χ2n) is 6.12. The number of benzene rings is 1. The van der Waals surface area contributed by atoms with E-state index in [1.807, 2.05) is 49.1 Å². The molecule has 1 fully saturated rings. The summed E-state index contributed by atoms with van der Waals surface area (Å²) in [6, 6.07) is 9.43. The van der Waals surface area contributed by atoms with Crippen molar-refractivity contribution < 1.29 is 9.21 Å². The lowest BCUT2D eigenvalue weighted by Gasteiger charge is -2.34. The molecule has 0 N–H and O–H groups in total. The van der Waals surface area contributed by atoms with Gasteiger partial charge in [-0.05, 0) is 12.1 Å². The Morgan fingerprint density at radius 2 is 1.83 bits per heavy atom. The molecule has 0 atom stereocenters. The monoisotopic (exact) mass is 314 g/mol. The van der Waals surface area contributed by atoms with Gasteiger partial charge in [0.1, 0.15) is 0 Å². The summed E-state index contributed by atoms with van der Waals surface area (Å²) in [6.07, 6.45) is 0. The zero-order valence-electron chi connectivity index (χ0n) is 13.6. The quantitative estimate of drug-likeness (QED) is 0.865. The fraction of sp³-hybridized carbons (Fsp3) is 0.471. The molecule has 1 aromatic carbocycles. The van der Waals surface area contributed by atoms with Crippen LogP contribution in [-0.2, 0) is 6.54 Å². The van der Waals surface area contributed by atoms with Gasteiger partial charge in [0.2, 0.25) is 11.8 Å². The Morgan fingerprint density at radius 1 is 1.13 bits per heavy atom. The van der Waals surface area contributed by atoms with Gasteiger partial charge in [-0.25, -0.2) is 0 Å². The standard InChI is InChI=1S/C17H22N4O2/c1-13(2)16-19-18-15(23-16)12-20-8-10-21(11-9-20)17(22)14-6-4-3-5-7-14/h3-7,13H,8-12H2,1-2H3. The van der Waals surface area contributed by atoms with Crippen molar-refractivity contribution in [2.24, 2.45) is 0 Å². The van der Waals surface area contributed by atoms with Crippen LogP contribution in [0.1, 0.15) is 41.9 Å². The van der Waals surface area contributed by atoms with E-state index in [0.29, 0.717) is 18.3 Å². The van der Waals surface area contributed by atoms with E-state index in [-0.39, 0.29) is 11.8 Å². The van der Waals surface area contributed by atoms with E-state index in [4.69, 9.17) is 4.42 Å². The number of hydrogen-bond donors (Lipinski definition) is 0. The molecule has 0 aliphatic carbocycles. The highest BCUT2D eigenvalue weighted by molar-refractivity contribution is 5.94. The third-order valence-electron chi connectivity index (χ3n) is 4.02.